The first-order chi connectivity index (χ1) is 31.5. The maximum absolute atomic E-state index is 2.44. The van der Waals surface area contributed by atoms with Crippen molar-refractivity contribution in [3.8, 4) is 39.1 Å². The Morgan fingerprint density at radius 1 is 0.375 bits per heavy atom. The molecule has 3 nitrogen and oxygen atoms in total. The van der Waals surface area contributed by atoms with Crippen molar-refractivity contribution in [3.63, 3.8) is 0 Å². The molecule has 1 aliphatic carbocycles. The highest BCUT2D eigenvalue weighted by Gasteiger charge is 2.36. The molecule has 0 bridgehead atoms. The quantitative estimate of drug-likeness (QED) is 0.166. The van der Waals surface area contributed by atoms with Gasteiger partial charge in [-0.15, -0.1) is 0 Å². The number of hydrogen-bond acceptors (Lipinski definition) is 2. The number of aromatic nitrogens is 1. The van der Waals surface area contributed by atoms with E-state index in [4.69, 9.17) is 0 Å². The van der Waals surface area contributed by atoms with Crippen LogP contribution in [-0.4, -0.2) is 4.57 Å². The van der Waals surface area contributed by atoms with Crippen LogP contribution in [0.25, 0.3) is 71.6 Å². The van der Waals surface area contributed by atoms with Crippen LogP contribution in [-0.2, 0) is 5.41 Å². The van der Waals surface area contributed by atoms with E-state index in [9.17, 15) is 0 Å². The summed E-state index contributed by atoms with van der Waals surface area (Å²) in [6.07, 6.45) is 0. The second-order valence-electron chi connectivity index (χ2n) is 17.8. The molecule has 64 heavy (non-hydrogen) atoms. The smallest absolute Gasteiger partial charge is 0.0546 e. The fraction of sp³-hybridized carbons (Fsp3) is 0.0492. The first kappa shape index (κ1) is 36.5. The van der Waals surface area contributed by atoms with Crippen molar-refractivity contribution in [2.45, 2.75) is 19.3 Å². The van der Waals surface area contributed by atoms with E-state index in [0.29, 0.717) is 0 Å². The highest BCUT2D eigenvalue weighted by atomic mass is 15.2. The van der Waals surface area contributed by atoms with Gasteiger partial charge in [-0.05, 0) is 129 Å². The first-order valence-corrected chi connectivity index (χ1v) is 22.3. The number of benzene rings is 10. The van der Waals surface area contributed by atoms with Gasteiger partial charge in [0, 0.05) is 55.6 Å². The molecule has 1 aromatic heterocycles. The molecule has 0 radical (unpaired) electrons. The molecule has 0 N–H and O–H groups in total. The second kappa shape index (κ2) is 13.9. The fourth-order valence-corrected chi connectivity index (χ4v) is 10.9. The van der Waals surface area contributed by atoms with Crippen molar-refractivity contribution < 1.29 is 0 Å². The molecule has 0 fully saturated rings. The SMILES string of the molecule is CC1(C)c2ccccc2-c2ccc(N(c3ccc(-c4ccc5c(c4)N(c4ccccc4)c4cccc6cccc-5c46)cc3)c3ccc4c(c3)c3ccccc3n4-c3ccccc3)cc21. The number of nitrogens with zero attached hydrogens (tertiary/aromatic N) is 3. The van der Waals surface area contributed by atoms with Crippen LogP contribution in [0.4, 0.5) is 34.1 Å². The van der Waals surface area contributed by atoms with E-state index in [-0.39, 0.29) is 5.41 Å². The highest BCUT2D eigenvalue weighted by Crippen LogP contribution is 2.53. The molecule has 1 aliphatic heterocycles. The molecule has 0 spiro atoms. The molecule has 0 atom stereocenters. The summed E-state index contributed by atoms with van der Waals surface area (Å²) < 4.78 is 2.39. The van der Waals surface area contributed by atoms with E-state index in [1.807, 2.05) is 0 Å². The predicted molar refractivity (Wildman–Crippen MR) is 270 cm³/mol. The van der Waals surface area contributed by atoms with Crippen molar-refractivity contribution in [2.75, 3.05) is 9.80 Å². The Kier molecular flexibility index (Phi) is 7.95. The lowest BCUT2D eigenvalue weighted by atomic mass is 9.82. The average molecular weight is 818 g/mol. The summed E-state index contributed by atoms with van der Waals surface area (Å²) in [6, 6.07) is 82.7. The summed E-state index contributed by atoms with van der Waals surface area (Å²) in [5.41, 5.74) is 20.6. The summed E-state index contributed by atoms with van der Waals surface area (Å²) >= 11 is 0. The van der Waals surface area contributed by atoms with Gasteiger partial charge in [-0.1, -0.05) is 153 Å². The predicted octanol–water partition coefficient (Wildman–Crippen LogP) is 16.8. The molecule has 2 aliphatic rings. The van der Waals surface area contributed by atoms with Gasteiger partial charge >= 0.3 is 0 Å². The summed E-state index contributed by atoms with van der Waals surface area (Å²) in [7, 11) is 0. The first-order valence-electron chi connectivity index (χ1n) is 22.3. The molecular weight excluding hydrogens is 775 g/mol. The van der Waals surface area contributed by atoms with E-state index >= 15 is 0 Å². The van der Waals surface area contributed by atoms with E-state index in [1.54, 1.807) is 0 Å². The highest BCUT2D eigenvalue weighted by molar-refractivity contribution is 6.14. The van der Waals surface area contributed by atoms with Crippen molar-refractivity contribution in [1.29, 1.82) is 0 Å². The molecule has 0 unspecified atom stereocenters. The number of rotatable bonds is 6. The van der Waals surface area contributed by atoms with Crippen LogP contribution in [0.2, 0.25) is 0 Å². The molecule has 2 heterocycles. The summed E-state index contributed by atoms with van der Waals surface area (Å²) in [5, 5.41) is 5.00. The minimum Gasteiger partial charge on any atom is -0.310 e. The van der Waals surface area contributed by atoms with Crippen molar-refractivity contribution in [2.24, 2.45) is 0 Å². The van der Waals surface area contributed by atoms with E-state index in [1.165, 1.54) is 88.5 Å². The van der Waals surface area contributed by atoms with Crippen molar-refractivity contribution >= 4 is 66.7 Å². The van der Waals surface area contributed by atoms with Crippen LogP contribution in [0.15, 0.2) is 224 Å². The Labute approximate surface area is 373 Å². The second-order valence-corrected chi connectivity index (χ2v) is 17.8. The molecule has 10 aromatic carbocycles. The number of hydrogen-bond donors (Lipinski definition) is 0. The third-order valence-electron chi connectivity index (χ3n) is 13.9. The largest absolute Gasteiger partial charge is 0.310 e. The van der Waals surface area contributed by atoms with Gasteiger partial charge in [0.15, 0.2) is 0 Å². The number of fused-ring (bicyclic) bond motifs is 8. The van der Waals surface area contributed by atoms with E-state index in [0.717, 1.165) is 28.4 Å². The van der Waals surface area contributed by atoms with E-state index < -0.39 is 0 Å². The minimum atomic E-state index is -0.128. The van der Waals surface area contributed by atoms with Crippen LogP contribution in [0.1, 0.15) is 25.0 Å². The summed E-state index contributed by atoms with van der Waals surface area (Å²) in [6.45, 7) is 4.73. The lowest BCUT2D eigenvalue weighted by molar-refractivity contribution is 0.660. The normalized spacial score (nSPS) is 13.2. The van der Waals surface area contributed by atoms with Gasteiger partial charge in [-0.25, -0.2) is 0 Å². The Bertz CT molecular complexity index is 3630. The maximum atomic E-state index is 2.44. The molecule has 302 valence electrons. The Hall–Kier alpha value is -8.14. The van der Waals surface area contributed by atoms with Gasteiger partial charge in [0.25, 0.3) is 0 Å². The van der Waals surface area contributed by atoms with Crippen LogP contribution in [0.5, 0.6) is 0 Å². The van der Waals surface area contributed by atoms with Crippen molar-refractivity contribution in [1.82, 2.24) is 4.57 Å². The number of para-hydroxylation sites is 3. The van der Waals surface area contributed by atoms with Crippen LogP contribution < -0.4 is 9.80 Å². The fourth-order valence-electron chi connectivity index (χ4n) is 10.9. The zero-order valence-electron chi connectivity index (χ0n) is 35.7. The van der Waals surface area contributed by atoms with Gasteiger partial charge in [-0.3, -0.25) is 0 Å². The molecular formula is C61H43N3. The molecule has 0 saturated carbocycles. The van der Waals surface area contributed by atoms with Crippen LogP contribution in [0.3, 0.4) is 0 Å². The molecule has 0 amide bonds. The van der Waals surface area contributed by atoms with Crippen molar-refractivity contribution in [3.05, 3.63) is 236 Å². The Morgan fingerprint density at radius 2 is 0.984 bits per heavy atom. The number of anilines is 6. The topological polar surface area (TPSA) is 11.4 Å². The Morgan fingerprint density at radius 3 is 1.81 bits per heavy atom. The minimum absolute atomic E-state index is 0.128. The van der Waals surface area contributed by atoms with E-state index in [2.05, 4.69) is 253 Å². The van der Waals surface area contributed by atoms with Gasteiger partial charge in [0.1, 0.15) is 0 Å². The average Bonchev–Trinajstić information content (AvgIpc) is 3.80. The molecule has 3 heteroatoms. The zero-order chi connectivity index (χ0) is 42.5. The van der Waals surface area contributed by atoms with Crippen LogP contribution >= 0.6 is 0 Å². The Balaban J connectivity index is 0.963. The maximum Gasteiger partial charge on any atom is 0.0546 e. The van der Waals surface area contributed by atoms with Crippen LogP contribution in [0, 0.1) is 0 Å². The third kappa shape index (κ3) is 5.41. The third-order valence-corrected chi connectivity index (χ3v) is 13.9. The monoisotopic (exact) mass is 817 g/mol. The van der Waals surface area contributed by atoms with Gasteiger partial charge in [0.2, 0.25) is 0 Å². The van der Waals surface area contributed by atoms with Gasteiger partial charge in [-0.2, -0.15) is 0 Å². The molecule has 11 aromatic rings. The lowest BCUT2D eigenvalue weighted by Gasteiger charge is -2.34. The van der Waals surface area contributed by atoms with Gasteiger partial charge < -0.3 is 14.4 Å². The zero-order valence-corrected chi connectivity index (χ0v) is 35.7. The molecule has 0 saturated heterocycles. The van der Waals surface area contributed by atoms with Gasteiger partial charge in [0.05, 0.1) is 22.4 Å². The summed E-state index contributed by atoms with van der Waals surface area (Å²) in [4.78, 5) is 4.88. The summed E-state index contributed by atoms with van der Waals surface area (Å²) in [5.74, 6) is 0. The molecule has 13 rings (SSSR count). The lowest BCUT2D eigenvalue weighted by Crippen LogP contribution is -2.16. The standard InChI is InChI=1S/C61H43N3/c1-61(2)54-24-11-9-21-48(54)49-35-32-47(39-55(49)61)62(46-33-36-57-53(38-46)50-22-10-12-25-56(50)63(57)43-17-5-3-6-18-43)45-30-27-40(28-31-45)42-29-34-51-52-23-13-15-41-16-14-26-58(60(41)52)64(59(51)37-42)44-19-7-4-8-20-44/h3-39H,1-2H3.